The van der Waals surface area contributed by atoms with Crippen molar-refractivity contribution in [1.82, 2.24) is 0 Å². The molecule has 0 amide bonds. The van der Waals surface area contributed by atoms with Crippen LogP contribution in [0.1, 0.15) is 0 Å². The molecule has 7 heavy (non-hydrogen) atoms. The third-order valence-corrected chi connectivity index (χ3v) is 0.354. The van der Waals surface area contributed by atoms with Gasteiger partial charge >= 0.3 is 0 Å². The van der Waals surface area contributed by atoms with Gasteiger partial charge in [0.2, 0.25) is 0 Å². The van der Waals surface area contributed by atoms with Crippen molar-refractivity contribution in [2.75, 3.05) is 0 Å². The largest absolute Gasteiger partial charge is 0.276 e. The van der Waals surface area contributed by atoms with Gasteiger partial charge in [-0.25, -0.2) is 4.79 Å². The normalized spacial score (nSPS) is 5.86. The van der Waals surface area contributed by atoms with Crippen LogP contribution in [-0.4, -0.2) is 11.2 Å². The molecule has 0 aliphatic heterocycles. The van der Waals surface area contributed by atoms with Gasteiger partial charge in [0, 0.05) is 0 Å². The topological polar surface area (TPSA) is 34.1 Å². The van der Waals surface area contributed by atoms with Crippen LogP contribution < -0.4 is 0 Å². The van der Waals surface area contributed by atoms with Gasteiger partial charge in [-0.05, 0) is 17.3 Å². The van der Waals surface area contributed by atoms with E-state index in [-0.39, 0.29) is 0 Å². The van der Waals surface area contributed by atoms with Crippen LogP contribution in [0.4, 0.5) is 0 Å². The second-order valence-corrected chi connectivity index (χ2v) is 1.07. The zero-order valence-corrected chi connectivity index (χ0v) is 4.03. The third-order valence-electron chi connectivity index (χ3n) is 0.245. The average Bonchev–Trinajstić information content (AvgIpc) is 1.61. The molecule has 0 rings (SSSR count). The second kappa shape index (κ2) is 3.38. The Morgan fingerprint density at radius 1 is 1.71 bits per heavy atom. The summed E-state index contributed by atoms with van der Waals surface area (Å²) in [6, 6.07) is 0. The molecule has 0 unspecified atom stereocenters. The molecule has 0 fully saturated rings. The number of carbonyl (C=O) groups is 1. The summed E-state index contributed by atoms with van der Waals surface area (Å²) in [7, 11) is 0. The summed E-state index contributed by atoms with van der Waals surface area (Å²) in [5.74, 6) is 1.24. The zero-order chi connectivity index (χ0) is 5.70. The molecule has 0 aliphatic rings. The lowest BCUT2D eigenvalue weighted by molar-refractivity contribution is -0.107. The van der Waals surface area contributed by atoms with Crippen LogP contribution in [-0.2, 0) is 9.59 Å². The smallest absolute Gasteiger partial charge is 0.253 e. The second-order valence-electron chi connectivity index (χ2n) is 0.695. The summed E-state index contributed by atoms with van der Waals surface area (Å²) in [6.45, 7) is 0. The lowest BCUT2D eigenvalue weighted by Gasteiger charge is -1.59. The maximum absolute atomic E-state index is 9.67. The van der Waals surface area contributed by atoms with Gasteiger partial charge in [-0.15, -0.1) is 0 Å². The number of hydrogen-bond donors (Lipinski definition) is 0. The first-order chi connectivity index (χ1) is 3.27. The molecule has 0 heterocycles. The van der Waals surface area contributed by atoms with Gasteiger partial charge in [-0.3, -0.25) is 4.79 Å². The zero-order valence-electron chi connectivity index (χ0n) is 3.27. The van der Waals surface area contributed by atoms with Crippen LogP contribution in [0.2, 0.25) is 0 Å². The monoisotopic (exact) mass is 116 g/mol. The predicted molar refractivity (Wildman–Crippen MR) is 24.6 cm³/mol. The van der Waals surface area contributed by atoms with E-state index in [0.29, 0.717) is 0 Å². The molecule has 0 saturated carbocycles. The number of carbonyl (C=O) groups excluding carboxylic acids is 2. The minimum Gasteiger partial charge on any atom is -0.276 e. The fourth-order valence-electron chi connectivity index (χ4n) is 0.0862. The number of halogens is 1. The molecule has 3 heteroatoms. The van der Waals surface area contributed by atoms with E-state index in [0.717, 1.165) is 6.08 Å². The highest BCUT2D eigenvalue weighted by Gasteiger charge is 1.78. The molecule has 0 aromatic rings. The van der Waals surface area contributed by atoms with Gasteiger partial charge in [-0.2, -0.15) is 0 Å². The Kier molecular flexibility index (Phi) is 2.99. The Morgan fingerprint density at radius 2 is 2.29 bits per heavy atom. The van der Waals surface area contributed by atoms with E-state index >= 15 is 0 Å². The molecule has 0 N–H and O–H groups in total. The average molecular weight is 117 g/mol. The van der Waals surface area contributed by atoms with Crippen molar-refractivity contribution in [1.29, 1.82) is 0 Å². The Hall–Kier alpha value is -0.810. The first-order valence-corrected chi connectivity index (χ1v) is 1.80. The maximum atomic E-state index is 9.67. The molecular formula is C4HClO2. The van der Waals surface area contributed by atoms with Gasteiger partial charge in [0.25, 0.3) is 5.24 Å². The third kappa shape index (κ3) is 5.19. The first-order valence-electron chi connectivity index (χ1n) is 1.42. The van der Waals surface area contributed by atoms with Crippen LogP contribution in [0.25, 0.3) is 0 Å². The van der Waals surface area contributed by atoms with Crippen LogP contribution in [0.3, 0.4) is 0 Å². The van der Waals surface area contributed by atoms with E-state index in [1.165, 1.54) is 5.94 Å². The molecule has 0 atom stereocenters. The van der Waals surface area contributed by atoms with Gasteiger partial charge in [0.05, 0.1) is 6.08 Å². The van der Waals surface area contributed by atoms with Gasteiger partial charge < -0.3 is 0 Å². The highest BCUT2D eigenvalue weighted by atomic mass is 35.5. The number of allylic oxidation sites excluding steroid dienone is 1. The summed E-state index contributed by atoms with van der Waals surface area (Å²) in [6.07, 6.45) is 0.800. The van der Waals surface area contributed by atoms with Crippen LogP contribution in [0.15, 0.2) is 11.8 Å². The predicted octanol–water partition coefficient (Wildman–Crippen LogP) is 0.295. The molecule has 0 aromatic heterocycles. The van der Waals surface area contributed by atoms with E-state index in [1.54, 1.807) is 0 Å². The molecule has 0 aliphatic carbocycles. The maximum Gasteiger partial charge on any atom is 0.253 e. The Balaban J connectivity index is 3.96. The van der Waals surface area contributed by atoms with Crippen LogP contribution in [0.5, 0.6) is 0 Å². The lowest BCUT2D eigenvalue weighted by atomic mass is 10.7. The Morgan fingerprint density at radius 3 is 2.43 bits per heavy atom. The van der Waals surface area contributed by atoms with Crippen molar-refractivity contribution in [2.24, 2.45) is 0 Å². The summed E-state index contributed by atoms with van der Waals surface area (Å²) in [4.78, 5) is 18.9. The Labute approximate surface area is 45.1 Å². The highest BCUT2D eigenvalue weighted by Crippen LogP contribution is 1.75. The molecule has 0 radical (unpaired) electrons. The van der Waals surface area contributed by atoms with Crippen molar-refractivity contribution < 1.29 is 9.59 Å². The van der Waals surface area contributed by atoms with Gasteiger partial charge in [0.15, 0.2) is 5.94 Å². The van der Waals surface area contributed by atoms with E-state index < -0.39 is 5.24 Å². The van der Waals surface area contributed by atoms with E-state index in [4.69, 9.17) is 11.6 Å². The number of rotatable bonds is 1. The summed E-state index contributed by atoms with van der Waals surface area (Å²) in [5.41, 5.74) is 1.84. The molecule has 0 aromatic carbocycles. The van der Waals surface area contributed by atoms with Gasteiger partial charge in [0.1, 0.15) is 0 Å². The lowest BCUT2D eigenvalue weighted by Crippen LogP contribution is -1.69. The summed E-state index contributed by atoms with van der Waals surface area (Å²) in [5, 5.41) is -0.719. The SMILES string of the molecule is O=C=C=CC(=O)Cl. The van der Waals surface area contributed by atoms with Gasteiger partial charge in [-0.1, -0.05) is 0 Å². The quantitative estimate of drug-likeness (QED) is 0.214. The fourth-order valence-corrected chi connectivity index (χ4v) is 0.141. The molecule has 0 bridgehead atoms. The molecule has 36 valence electrons. The van der Waals surface area contributed by atoms with E-state index in [2.05, 4.69) is 0 Å². The first kappa shape index (κ1) is 6.19. The highest BCUT2D eigenvalue weighted by molar-refractivity contribution is 6.66. The Bertz CT molecular complexity index is 149. The minimum atomic E-state index is -0.719. The van der Waals surface area contributed by atoms with Crippen LogP contribution in [0, 0.1) is 0 Å². The van der Waals surface area contributed by atoms with Crippen molar-refractivity contribution in [2.45, 2.75) is 0 Å². The molecular weight excluding hydrogens is 115 g/mol. The van der Waals surface area contributed by atoms with E-state index in [9.17, 15) is 9.59 Å². The van der Waals surface area contributed by atoms with Crippen molar-refractivity contribution >= 4 is 22.8 Å². The van der Waals surface area contributed by atoms with Crippen molar-refractivity contribution in [3.8, 4) is 0 Å². The van der Waals surface area contributed by atoms with Crippen molar-refractivity contribution in [3.05, 3.63) is 11.8 Å². The minimum absolute atomic E-state index is 0.719. The van der Waals surface area contributed by atoms with Crippen molar-refractivity contribution in [3.63, 3.8) is 0 Å². The fraction of sp³-hybridized carbons (Fsp3) is 0. The molecule has 0 spiro atoms. The number of hydrogen-bond acceptors (Lipinski definition) is 2. The standard InChI is InChI=1S/C4HClO2/c5-4(7)2-1-3-6/h2H. The van der Waals surface area contributed by atoms with Crippen LogP contribution >= 0.6 is 11.6 Å². The molecule has 0 saturated heterocycles. The molecule has 2 nitrogen and oxygen atoms in total. The summed E-state index contributed by atoms with van der Waals surface area (Å²) >= 11 is 4.72. The summed E-state index contributed by atoms with van der Waals surface area (Å²) < 4.78 is 0. The van der Waals surface area contributed by atoms with E-state index in [1.807, 2.05) is 5.73 Å².